The minimum Gasteiger partial charge on any atom is -0.480 e. The second-order valence-corrected chi connectivity index (χ2v) is 6.33. The summed E-state index contributed by atoms with van der Waals surface area (Å²) in [6.07, 6.45) is 1.06. The third-order valence-electron chi connectivity index (χ3n) is 3.01. The zero-order chi connectivity index (χ0) is 15.1. The van der Waals surface area contributed by atoms with Crippen molar-refractivity contribution in [2.45, 2.75) is 37.8 Å². The molecule has 1 rings (SSSR count). The zero-order valence-corrected chi connectivity index (χ0v) is 11.8. The summed E-state index contributed by atoms with van der Waals surface area (Å²) in [5.41, 5.74) is 4.95. The number of carboxylic acids is 1. The van der Waals surface area contributed by atoms with E-state index < -0.39 is 34.7 Å². The molecule has 1 aliphatic heterocycles. The quantitative estimate of drug-likeness (QED) is 0.494. The average molecular weight is 305 g/mol. The number of carbonyl (C=O) groups is 3. The molecule has 0 aromatic rings. The van der Waals surface area contributed by atoms with Crippen LogP contribution >= 0.6 is 0 Å². The highest BCUT2D eigenvalue weighted by Crippen LogP contribution is 2.09. The Bertz CT molecular complexity index is 405. The molecule has 0 aromatic heterocycles. The number of nitrogens with one attached hydrogen (secondary N) is 2. The van der Waals surface area contributed by atoms with Crippen molar-refractivity contribution in [1.82, 2.24) is 10.6 Å². The minimum atomic E-state index is -1.22. The van der Waals surface area contributed by atoms with Gasteiger partial charge in [0.2, 0.25) is 5.91 Å². The maximum atomic E-state index is 11.7. The van der Waals surface area contributed by atoms with Gasteiger partial charge in [-0.15, -0.1) is 0 Å². The van der Waals surface area contributed by atoms with Gasteiger partial charge in [-0.2, -0.15) is 0 Å². The molecule has 1 fully saturated rings. The van der Waals surface area contributed by atoms with Gasteiger partial charge in [-0.05, 0) is 19.3 Å². The van der Waals surface area contributed by atoms with Gasteiger partial charge in [-0.3, -0.25) is 9.00 Å². The molecular formula is C11H19N3O5S. The molecule has 0 unspecified atom stereocenters. The third-order valence-corrected chi connectivity index (χ3v) is 4.39. The normalized spacial score (nSPS) is 23.6. The second kappa shape index (κ2) is 7.83. The van der Waals surface area contributed by atoms with Gasteiger partial charge in [0, 0.05) is 34.8 Å². The minimum absolute atomic E-state index is 0.0488. The Labute approximate surface area is 118 Å². The van der Waals surface area contributed by atoms with Crippen molar-refractivity contribution in [3.05, 3.63) is 0 Å². The molecule has 9 heteroatoms. The molecule has 114 valence electrons. The Morgan fingerprint density at radius 1 is 1.30 bits per heavy atom. The topological polar surface area (TPSA) is 139 Å². The summed E-state index contributed by atoms with van der Waals surface area (Å²) in [5, 5.41) is 13.9. The van der Waals surface area contributed by atoms with E-state index >= 15 is 0 Å². The van der Waals surface area contributed by atoms with Crippen LogP contribution in [0.5, 0.6) is 0 Å². The highest BCUT2D eigenvalue weighted by Gasteiger charge is 2.23. The highest BCUT2D eigenvalue weighted by atomic mass is 32.2. The van der Waals surface area contributed by atoms with Gasteiger partial charge >= 0.3 is 12.0 Å². The van der Waals surface area contributed by atoms with Crippen LogP contribution in [-0.4, -0.2) is 50.8 Å². The van der Waals surface area contributed by atoms with Crippen molar-refractivity contribution < 1.29 is 23.7 Å². The lowest BCUT2D eigenvalue weighted by molar-refractivity contribution is -0.139. The Morgan fingerprint density at radius 3 is 2.40 bits per heavy atom. The number of carbonyl (C=O) groups excluding carboxylic acids is 2. The first-order chi connectivity index (χ1) is 9.38. The number of aliphatic carboxylic acids is 1. The monoisotopic (exact) mass is 305 g/mol. The van der Waals surface area contributed by atoms with Crippen molar-refractivity contribution in [1.29, 1.82) is 0 Å². The summed E-state index contributed by atoms with van der Waals surface area (Å²) >= 11 is 0. The van der Waals surface area contributed by atoms with Crippen molar-refractivity contribution in [3.8, 4) is 0 Å². The van der Waals surface area contributed by atoms with E-state index in [1.807, 2.05) is 0 Å². The molecule has 1 saturated heterocycles. The molecule has 5 N–H and O–H groups in total. The lowest BCUT2D eigenvalue weighted by Gasteiger charge is -2.23. The van der Waals surface area contributed by atoms with Gasteiger partial charge in [0.15, 0.2) is 0 Å². The van der Waals surface area contributed by atoms with E-state index in [9.17, 15) is 18.6 Å². The smallest absolute Gasteiger partial charge is 0.326 e. The molecular weight excluding hydrogens is 286 g/mol. The number of rotatable bonds is 6. The molecule has 0 aromatic carbocycles. The van der Waals surface area contributed by atoms with Crippen LogP contribution in [0.4, 0.5) is 4.79 Å². The predicted octanol–water partition coefficient (Wildman–Crippen LogP) is -1.08. The first-order valence-electron chi connectivity index (χ1n) is 6.31. The van der Waals surface area contributed by atoms with Crippen LogP contribution < -0.4 is 16.4 Å². The van der Waals surface area contributed by atoms with Gasteiger partial charge in [0.05, 0.1) is 0 Å². The lowest BCUT2D eigenvalue weighted by atomic mass is 10.1. The molecule has 0 aliphatic carbocycles. The van der Waals surface area contributed by atoms with Gasteiger partial charge in [-0.25, -0.2) is 9.59 Å². The van der Waals surface area contributed by atoms with Crippen LogP contribution in [0.3, 0.4) is 0 Å². The molecule has 1 aliphatic rings. The molecule has 0 saturated carbocycles. The van der Waals surface area contributed by atoms with Gasteiger partial charge in [-0.1, -0.05) is 0 Å². The van der Waals surface area contributed by atoms with E-state index in [4.69, 9.17) is 10.8 Å². The summed E-state index contributed by atoms with van der Waals surface area (Å²) in [6.45, 7) is 0. The molecule has 0 spiro atoms. The van der Waals surface area contributed by atoms with Crippen LogP contribution in [0.2, 0.25) is 0 Å². The summed E-state index contributed by atoms with van der Waals surface area (Å²) in [4.78, 5) is 33.3. The van der Waals surface area contributed by atoms with E-state index in [-0.39, 0.29) is 18.9 Å². The molecule has 1 heterocycles. The standard InChI is InChI=1S/C11H19N3O5S/c12-9(15)2-1-8(10(16)17)14-11(18)13-7-3-5-20(19)6-4-7/h7-8H,1-6H2,(H2,12,15)(H,16,17)(H2,13,14,18)/t7?,8-,20?/m0/s1. The molecule has 0 bridgehead atoms. The zero-order valence-electron chi connectivity index (χ0n) is 11.0. The molecule has 8 nitrogen and oxygen atoms in total. The average Bonchev–Trinajstić information content (AvgIpc) is 2.36. The Balaban J connectivity index is 2.39. The fourth-order valence-corrected chi connectivity index (χ4v) is 3.17. The predicted molar refractivity (Wildman–Crippen MR) is 72.4 cm³/mol. The van der Waals surface area contributed by atoms with E-state index in [1.54, 1.807) is 0 Å². The number of urea groups is 1. The van der Waals surface area contributed by atoms with Crippen molar-refractivity contribution in [3.63, 3.8) is 0 Å². The fourth-order valence-electron chi connectivity index (χ4n) is 1.87. The number of primary amides is 1. The van der Waals surface area contributed by atoms with Crippen LogP contribution in [0, 0.1) is 0 Å². The van der Waals surface area contributed by atoms with E-state index in [1.165, 1.54) is 0 Å². The molecule has 3 amide bonds. The van der Waals surface area contributed by atoms with Crippen LogP contribution in [0.15, 0.2) is 0 Å². The summed E-state index contributed by atoms with van der Waals surface area (Å²) in [7, 11) is -0.819. The van der Waals surface area contributed by atoms with Crippen molar-refractivity contribution in [2.75, 3.05) is 11.5 Å². The molecule has 0 radical (unpaired) electrons. The van der Waals surface area contributed by atoms with Gasteiger partial charge in [0.1, 0.15) is 6.04 Å². The number of nitrogens with two attached hydrogens (primary N) is 1. The first-order valence-corrected chi connectivity index (χ1v) is 7.80. The first kappa shape index (κ1) is 16.4. The number of carboxylic acid groups (broad SMARTS) is 1. The van der Waals surface area contributed by atoms with Crippen LogP contribution in [0.1, 0.15) is 25.7 Å². The Kier molecular flexibility index (Phi) is 6.43. The Morgan fingerprint density at radius 2 is 1.90 bits per heavy atom. The van der Waals surface area contributed by atoms with E-state index in [2.05, 4.69) is 10.6 Å². The van der Waals surface area contributed by atoms with Crippen molar-refractivity contribution in [2.24, 2.45) is 5.73 Å². The third kappa shape index (κ3) is 6.00. The summed E-state index contributed by atoms with van der Waals surface area (Å²) in [5.74, 6) is -0.761. The fraction of sp³-hybridized carbons (Fsp3) is 0.727. The SMILES string of the molecule is NC(=O)CC[C@H](NC(=O)NC1CCS(=O)CC1)C(=O)O. The number of hydrogen-bond donors (Lipinski definition) is 4. The van der Waals surface area contributed by atoms with Crippen LogP contribution in [0.25, 0.3) is 0 Å². The highest BCUT2D eigenvalue weighted by molar-refractivity contribution is 7.85. The van der Waals surface area contributed by atoms with Gasteiger partial charge in [0.25, 0.3) is 0 Å². The molecule has 1 atom stereocenters. The maximum absolute atomic E-state index is 11.7. The summed E-state index contributed by atoms with van der Waals surface area (Å²) in [6, 6.07) is -1.85. The van der Waals surface area contributed by atoms with Crippen LogP contribution in [-0.2, 0) is 20.4 Å². The maximum Gasteiger partial charge on any atom is 0.326 e. The summed E-state index contributed by atoms with van der Waals surface area (Å²) < 4.78 is 11.2. The number of amides is 3. The largest absolute Gasteiger partial charge is 0.480 e. The second-order valence-electron chi connectivity index (χ2n) is 4.64. The molecule has 20 heavy (non-hydrogen) atoms. The van der Waals surface area contributed by atoms with Gasteiger partial charge < -0.3 is 21.5 Å². The number of hydrogen-bond acceptors (Lipinski definition) is 4. The Hall–Kier alpha value is -1.64. The van der Waals surface area contributed by atoms with E-state index in [0.29, 0.717) is 24.3 Å². The van der Waals surface area contributed by atoms with E-state index in [0.717, 1.165) is 0 Å². The van der Waals surface area contributed by atoms with Crippen molar-refractivity contribution >= 4 is 28.7 Å². The lowest BCUT2D eigenvalue weighted by Crippen LogP contribution is -2.50.